The number of phenolic OH excluding ortho intramolecular Hbond substituents is 2. The van der Waals surface area contributed by atoms with Crippen molar-refractivity contribution >= 4 is 87.0 Å². The van der Waals surface area contributed by atoms with E-state index < -0.39 is 17.9 Å². The van der Waals surface area contributed by atoms with Gasteiger partial charge in [-0.25, -0.2) is 0 Å². The number of nitrogens with one attached hydrogen (secondary N) is 2. The van der Waals surface area contributed by atoms with Crippen molar-refractivity contribution < 1.29 is 44.8 Å². The molecule has 0 aliphatic carbocycles. The molecule has 0 fully saturated rings. The van der Waals surface area contributed by atoms with Gasteiger partial charge >= 0.3 is 0 Å². The van der Waals surface area contributed by atoms with Crippen LogP contribution in [0.1, 0.15) is 28.4 Å². The van der Waals surface area contributed by atoms with Crippen molar-refractivity contribution in [1.82, 2.24) is 10.6 Å². The molecular weight excluding hydrogens is 928 g/mol. The van der Waals surface area contributed by atoms with Crippen LogP contribution in [0.25, 0.3) is 0 Å². The standard InChI is InChI=1S/C34H28Br4N4O9/c35-20-7-16-1-3-27(20)50-30-13-18(9-23(38)32(30)45)11-25(42-49)34(47)40-15-26(43)19-2-4-28(21(36)14-19)51-29-12-17(8-22(37)31(29)44)5-6-39-33(46)24(10-16)41-48/h1-4,7-9,12-14,26,43-45,48-49H,5-6,10-11,15H2,(H,39,46)(H,40,47)/b41-24+,42-25-. The third-order valence-electron chi connectivity index (χ3n) is 7.62. The highest BCUT2D eigenvalue weighted by Gasteiger charge is 2.21. The number of hydrogen-bond acceptors (Lipinski definition) is 11. The number of carbonyl (C=O) groups excluding carboxylic acids is 2. The second kappa shape index (κ2) is 16.9. The number of carbonyl (C=O) groups is 2. The van der Waals surface area contributed by atoms with E-state index in [2.05, 4.69) is 84.7 Å². The molecule has 1 unspecified atom stereocenters. The summed E-state index contributed by atoms with van der Waals surface area (Å²) in [5, 5.41) is 63.2. The molecule has 2 amide bonds. The zero-order chi connectivity index (χ0) is 36.8. The molecule has 51 heavy (non-hydrogen) atoms. The Kier molecular flexibility index (Phi) is 12.6. The highest BCUT2D eigenvalue weighted by molar-refractivity contribution is 9.11. The van der Waals surface area contributed by atoms with Gasteiger partial charge in [-0.2, -0.15) is 0 Å². The van der Waals surface area contributed by atoms with Crippen LogP contribution in [-0.4, -0.2) is 62.1 Å². The third kappa shape index (κ3) is 9.39. The molecule has 4 aromatic carbocycles. The van der Waals surface area contributed by atoms with E-state index >= 15 is 0 Å². The Morgan fingerprint density at radius 3 is 1.73 bits per heavy atom. The lowest BCUT2D eigenvalue weighted by Crippen LogP contribution is -2.35. The summed E-state index contributed by atoms with van der Waals surface area (Å²) < 4.78 is 13.5. The Morgan fingerprint density at radius 1 is 0.627 bits per heavy atom. The van der Waals surface area contributed by atoms with Gasteiger partial charge in [0.1, 0.15) is 22.9 Å². The van der Waals surface area contributed by atoms with Crippen molar-refractivity contribution in [2.75, 3.05) is 13.1 Å². The fourth-order valence-corrected chi connectivity index (χ4v) is 6.94. The van der Waals surface area contributed by atoms with Crippen LogP contribution < -0.4 is 20.1 Å². The quantitative estimate of drug-likeness (QED) is 0.0716. The van der Waals surface area contributed by atoms with Gasteiger partial charge in [-0.15, -0.1) is 0 Å². The van der Waals surface area contributed by atoms with Crippen LogP contribution in [0.15, 0.2) is 88.9 Å². The van der Waals surface area contributed by atoms with Crippen molar-refractivity contribution in [3.8, 4) is 34.5 Å². The fourth-order valence-electron chi connectivity index (χ4n) is 4.98. The summed E-state index contributed by atoms with van der Waals surface area (Å²) in [7, 11) is 0. The average molecular weight is 956 g/mol. The Bertz CT molecular complexity index is 2060. The SMILES string of the molecule is O=C1NCC(O)c2ccc(c(Br)c2)Oc2cc(cc(Br)c2O)CCNC(=O)/C(=N/O)Cc2ccc(c(Br)c2)Oc2cc(cc(Br)c2O)C/C1=N/O. The zero-order valence-electron chi connectivity index (χ0n) is 26.2. The lowest BCUT2D eigenvalue weighted by Gasteiger charge is -2.16. The molecule has 1 atom stereocenters. The van der Waals surface area contributed by atoms with E-state index in [1.54, 1.807) is 48.5 Å². The van der Waals surface area contributed by atoms with Crippen molar-refractivity contribution in [1.29, 1.82) is 0 Å². The van der Waals surface area contributed by atoms with Crippen LogP contribution in [0.4, 0.5) is 0 Å². The topological polar surface area (TPSA) is 203 Å². The number of phenols is 2. The molecule has 4 aliphatic rings. The summed E-state index contributed by atoms with van der Waals surface area (Å²) in [6, 6.07) is 16.0. The van der Waals surface area contributed by atoms with Gasteiger partial charge in [0.15, 0.2) is 23.0 Å². The van der Waals surface area contributed by atoms with Crippen LogP contribution in [0, 0.1) is 0 Å². The maximum absolute atomic E-state index is 13.0. The number of ether oxygens (including phenoxy) is 2. The third-order valence-corrected chi connectivity index (χ3v) is 10.1. The lowest BCUT2D eigenvalue weighted by atomic mass is 10.1. The van der Waals surface area contributed by atoms with Crippen molar-refractivity contribution in [3.63, 3.8) is 0 Å². The smallest absolute Gasteiger partial charge is 0.269 e. The van der Waals surface area contributed by atoms with Gasteiger partial charge in [0, 0.05) is 25.9 Å². The Balaban J connectivity index is 1.47. The van der Waals surface area contributed by atoms with E-state index in [9.17, 15) is 35.3 Å². The van der Waals surface area contributed by atoms with E-state index in [0.29, 0.717) is 53.6 Å². The minimum atomic E-state index is -1.16. The first kappa shape index (κ1) is 38.1. The van der Waals surface area contributed by atoms with E-state index in [-0.39, 0.29) is 64.8 Å². The molecule has 17 heteroatoms. The average Bonchev–Trinajstić information content (AvgIpc) is 3.10. The van der Waals surface area contributed by atoms with Crippen molar-refractivity contribution in [3.05, 3.63) is 101 Å². The van der Waals surface area contributed by atoms with Gasteiger partial charge in [-0.1, -0.05) is 22.4 Å². The molecule has 7 N–H and O–H groups in total. The number of oxime groups is 2. The van der Waals surface area contributed by atoms with Gasteiger partial charge in [0.25, 0.3) is 11.8 Å². The first-order valence-electron chi connectivity index (χ1n) is 15.0. The van der Waals surface area contributed by atoms with Crippen LogP contribution in [0.3, 0.4) is 0 Å². The Morgan fingerprint density at radius 2 is 1.14 bits per heavy atom. The number of rotatable bonds is 0. The highest BCUT2D eigenvalue weighted by atomic mass is 79.9. The summed E-state index contributed by atoms with van der Waals surface area (Å²) >= 11 is 13.5. The number of halogens is 4. The minimum absolute atomic E-state index is 0.0216. The van der Waals surface area contributed by atoms with E-state index in [0.717, 1.165) is 0 Å². The zero-order valence-corrected chi connectivity index (χ0v) is 32.5. The Labute approximate surface area is 324 Å². The van der Waals surface area contributed by atoms with Gasteiger partial charge < -0.3 is 45.8 Å². The molecule has 8 rings (SSSR count). The predicted octanol–water partition coefficient (Wildman–Crippen LogP) is 7.00. The number of aliphatic hydroxyl groups is 1. The molecule has 4 aromatic rings. The number of amides is 2. The largest absolute Gasteiger partial charge is 0.503 e. The van der Waals surface area contributed by atoms with Crippen LogP contribution in [0.5, 0.6) is 34.5 Å². The molecule has 0 radical (unpaired) electrons. The fraction of sp³-hybridized carbons (Fsp3) is 0.176. The summed E-state index contributed by atoms with van der Waals surface area (Å²) in [6.45, 7) is -0.0539. The van der Waals surface area contributed by atoms with Gasteiger partial charge in [0.2, 0.25) is 0 Å². The van der Waals surface area contributed by atoms with Gasteiger partial charge in [0.05, 0.1) is 24.0 Å². The highest BCUT2D eigenvalue weighted by Crippen LogP contribution is 2.42. The second-order valence-corrected chi connectivity index (χ2v) is 14.6. The second-order valence-electron chi connectivity index (χ2n) is 11.2. The number of aromatic hydroxyl groups is 2. The molecule has 4 aliphatic heterocycles. The molecule has 13 nitrogen and oxygen atoms in total. The Hall–Kier alpha value is -4.16. The van der Waals surface area contributed by atoms with E-state index in [1.807, 2.05) is 0 Å². The number of benzene rings is 4. The number of nitrogens with zero attached hydrogens (tertiary/aromatic N) is 2. The first-order valence-corrected chi connectivity index (χ1v) is 18.2. The van der Waals surface area contributed by atoms with Crippen molar-refractivity contribution in [2.45, 2.75) is 25.4 Å². The number of hydrogen-bond donors (Lipinski definition) is 7. The van der Waals surface area contributed by atoms with E-state index in [4.69, 9.17) is 9.47 Å². The summed E-state index contributed by atoms with van der Waals surface area (Å²) in [6.07, 6.45) is -1.01. The minimum Gasteiger partial charge on any atom is -0.503 e. The lowest BCUT2D eigenvalue weighted by molar-refractivity contribution is -0.116. The molecule has 0 saturated carbocycles. The normalized spacial score (nSPS) is 17.6. The van der Waals surface area contributed by atoms with E-state index in [1.165, 1.54) is 12.1 Å². The van der Waals surface area contributed by atoms with Crippen LogP contribution in [-0.2, 0) is 28.9 Å². The molecule has 0 saturated heterocycles. The van der Waals surface area contributed by atoms with Crippen LogP contribution >= 0.6 is 63.7 Å². The predicted molar refractivity (Wildman–Crippen MR) is 201 cm³/mol. The van der Waals surface area contributed by atoms with Crippen LogP contribution in [0.2, 0.25) is 0 Å². The summed E-state index contributed by atoms with van der Waals surface area (Å²) in [4.78, 5) is 25.9. The number of aliphatic hydroxyl groups excluding tert-OH is 1. The maximum atomic E-state index is 13.0. The molecule has 4 heterocycles. The molecule has 0 spiro atoms. The van der Waals surface area contributed by atoms with Crippen molar-refractivity contribution in [2.24, 2.45) is 10.3 Å². The molecule has 0 aromatic heterocycles. The molecular formula is C34H28Br4N4O9. The summed E-state index contributed by atoms with van der Waals surface area (Å²) in [5.74, 6) is -0.953. The maximum Gasteiger partial charge on any atom is 0.269 e. The monoisotopic (exact) mass is 952 g/mol. The van der Waals surface area contributed by atoms with Gasteiger partial charge in [-0.3, -0.25) is 9.59 Å². The van der Waals surface area contributed by atoms with Gasteiger partial charge in [-0.05, 0) is 141 Å². The molecule has 8 bridgehead atoms. The molecule has 266 valence electrons. The first-order chi connectivity index (χ1) is 24.4. The summed E-state index contributed by atoms with van der Waals surface area (Å²) in [5.41, 5.74) is 1.77.